The van der Waals surface area contributed by atoms with Crippen LogP contribution in [0.1, 0.15) is 6.42 Å². The Kier molecular flexibility index (Phi) is 4.76. The molecule has 1 atom stereocenters. The van der Waals surface area contributed by atoms with Crippen LogP contribution in [0.5, 0.6) is 5.75 Å². The van der Waals surface area contributed by atoms with Gasteiger partial charge in [0.1, 0.15) is 17.5 Å². The quantitative estimate of drug-likeness (QED) is 0.928. The lowest BCUT2D eigenvalue weighted by atomic mass is 10.3. The van der Waals surface area contributed by atoms with Crippen molar-refractivity contribution in [3.63, 3.8) is 0 Å². The number of benzene rings is 1. The number of likely N-dealkylation sites (tertiary alicyclic amines) is 1. The van der Waals surface area contributed by atoms with E-state index in [1.54, 1.807) is 42.4 Å². The highest BCUT2D eigenvalue weighted by Crippen LogP contribution is 2.22. The van der Waals surface area contributed by atoms with Crippen molar-refractivity contribution in [3.05, 3.63) is 58.0 Å². The fourth-order valence-electron chi connectivity index (χ4n) is 2.63. The molecule has 2 aromatic rings. The summed E-state index contributed by atoms with van der Waals surface area (Å²) in [4.78, 5) is 25.9. The number of nitrogens with zero attached hydrogens (tertiary/aromatic N) is 2. The number of pyridine rings is 1. The van der Waals surface area contributed by atoms with E-state index in [1.807, 2.05) is 12.1 Å². The van der Waals surface area contributed by atoms with E-state index in [0.29, 0.717) is 23.9 Å². The molecule has 126 valence electrons. The van der Waals surface area contributed by atoms with E-state index < -0.39 is 0 Å². The second kappa shape index (κ2) is 6.97. The minimum atomic E-state index is -0.296. The molecule has 2 amide bonds. The van der Waals surface area contributed by atoms with Gasteiger partial charge in [0, 0.05) is 31.2 Å². The van der Waals surface area contributed by atoms with E-state index >= 15 is 0 Å². The maximum atomic E-state index is 12.3. The van der Waals surface area contributed by atoms with Gasteiger partial charge in [-0.15, -0.1) is 0 Å². The third-order valence-electron chi connectivity index (χ3n) is 3.90. The number of amides is 2. The van der Waals surface area contributed by atoms with Gasteiger partial charge in [0.2, 0.25) is 0 Å². The number of ether oxygens (including phenoxy) is 1. The van der Waals surface area contributed by atoms with Crippen LogP contribution < -0.4 is 15.6 Å². The molecule has 24 heavy (non-hydrogen) atoms. The van der Waals surface area contributed by atoms with Gasteiger partial charge in [0.05, 0.1) is 6.54 Å². The van der Waals surface area contributed by atoms with Gasteiger partial charge >= 0.3 is 6.03 Å². The molecule has 0 saturated carbocycles. The van der Waals surface area contributed by atoms with E-state index in [4.69, 9.17) is 16.3 Å². The first-order valence-electron chi connectivity index (χ1n) is 7.67. The number of aryl methyl sites for hydroxylation is 1. The zero-order valence-corrected chi connectivity index (χ0v) is 14.0. The topological polar surface area (TPSA) is 63.6 Å². The molecule has 0 aliphatic carbocycles. The van der Waals surface area contributed by atoms with Crippen molar-refractivity contribution in [3.8, 4) is 5.75 Å². The van der Waals surface area contributed by atoms with Crippen molar-refractivity contribution in [2.24, 2.45) is 7.05 Å². The summed E-state index contributed by atoms with van der Waals surface area (Å²) in [6.07, 6.45) is 2.28. The maximum Gasteiger partial charge on any atom is 0.322 e. The lowest BCUT2D eigenvalue weighted by molar-refractivity contribution is 0.195. The average molecular weight is 348 g/mol. The van der Waals surface area contributed by atoms with E-state index in [-0.39, 0.29) is 23.4 Å². The van der Waals surface area contributed by atoms with Crippen LogP contribution in [0.2, 0.25) is 5.02 Å². The fourth-order valence-corrected chi connectivity index (χ4v) is 2.81. The molecule has 1 fully saturated rings. The standard InChI is InChI=1S/C17H18ClN3O3/c1-20-8-3-6-15(16(20)22)19-17(23)21-9-7-14(11-21)24-13-5-2-4-12(18)10-13/h2-6,8,10,14H,7,9,11H2,1H3,(H,19,23)/t14-/m1/s1. The third kappa shape index (κ3) is 3.71. The maximum absolute atomic E-state index is 12.3. The van der Waals surface area contributed by atoms with Crippen LogP contribution >= 0.6 is 11.6 Å². The Bertz CT molecular complexity index is 806. The Morgan fingerprint density at radius 3 is 2.96 bits per heavy atom. The molecule has 1 N–H and O–H groups in total. The molecule has 6 nitrogen and oxygen atoms in total. The van der Waals surface area contributed by atoms with E-state index in [9.17, 15) is 9.59 Å². The van der Waals surface area contributed by atoms with Gasteiger partial charge in [-0.1, -0.05) is 17.7 Å². The van der Waals surface area contributed by atoms with Crippen molar-refractivity contribution in [1.29, 1.82) is 0 Å². The number of nitrogens with one attached hydrogen (secondary N) is 1. The molecule has 1 aliphatic heterocycles. The Hall–Kier alpha value is -2.47. The molecule has 2 heterocycles. The molecular formula is C17H18ClN3O3. The van der Waals surface area contributed by atoms with E-state index in [2.05, 4.69) is 5.32 Å². The lowest BCUT2D eigenvalue weighted by Gasteiger charge is -2.18. The zero-order chi connectivity index (χ0) is 17.1. The summed E-state index contributed by atoms with van der Waals surface area (Å²) in [5.74, 6) is 0.687. The van der Waals surface area contributed by atoms with Crippen molar-refractivity contribution in [1.82, 2.24) is 9.47 Å². The van der Waals surface area contributed by atoms with Crippen molar-refractivity contribution < 1.29 is 9.53 Å². The predicted octanol–water partition coefficient (Wildman–Crippen LogP) is 2.72. The zero-order valence-electron chi connectivity index (χ0n) is 13.2. The van der Waals surface area contributed by atoms with Gasteiger partial charge in [-0.2, -0.15) is 0 Å². The van der Waals surface area contributed by atoms with Crippen LogP contribution in [0.15, 0.2) is 47.4 Å². The predicted molar refractivity (Wildman–Crippen MR) is 92.8 cm³/mol. The lowest BCUT2D eigenvalue weighted by Crippen LogP contribution is -2.36. The Morgan fingerprint density at radius 2 is 2.17 bits per heavy atom. The Morgan fingerprint density at radius 1 is 1.33 bits per heavy atom. The van der Waals surface area contributed by atoms with Gasteiger partial charge in [0.25, 0.3) is 5.56 Å². The van der Waals surface area contributed by atoms with Crippen molar-refractivity contribution in [2.75, 3.05) is 18.4 Å². The molecule has 0 bridgehead atoms. The van der Waals surface area contributed by atoms with Crippen LogP contribution in [-0.4, -0.2) is 34.7 Å². The Balaban J connectivity index is 1.60. The largest absolute Gasteiger partial charge is 0.488 e. The van der Waals surface area contributed by atoms with Gasteiger partial charge in [-0.05, 0) is 30.3 Å². The first-order valence-corrected chi connectivity index (χ1v) is 8.04. The van der Waals surface area contributed by atoms with Crippen molar-refractivity contribution in [2.45, 2.75) is 12.5 Å². The van der Waals surface area contributed by atoms with Gasteiger partial charge in [-0.25, -0.2) is 4.79 Å². The van der Waals surface area contributed by atoms with Crippen LogP contribution in [0.3, 0.4) is 0 Å². The molecule has 0 spiro atoms. The number of anilines is 1. The van der Waals surface area contributed by atoms with E-state index in [0.717, 1.165) is 6.42 Å². The molecule has 1 saturated heterocycles. The summed E-state index contributed by atoms with van der Waals surface area (Å²) in [7, 11) is 1.64. The molecule has 7 heteroatoms. The summed E-state index contributed by atoms with van der Waals surface area (Å²) in [6, 6.07) is 10.2. The van der Waals surface area contributed by atoms with Gasteiger partial charge < -0.3 is 19.5 Å². The number of carbonyl (C=O) groups excluding carboxylic acids is 1. The molecule has 3 rings (SSSR count). The van der Waals surface area contributed by atoms with Gasteiger partial charge in [0.15, 0.2) is 0 Å². The normalized spacial score (nSPS) is 16.9. The fraction of sp³-hybridized carbons (Fsp3) is 0.294. The minimum Gasteiger partial charge on any atom is -0.488 e. The molecule has 1 aromatic carbocycles. The summed E-state index contributed by atoms with van der Waals surface area (Å²) in [5, 5.41) is 3.27. The smallest absolute Gasteiger partial charge is 0.322 e. The molecule has 1 aromatic heterocycles. The number of hydrogen-bond acceptors (Lipinski definition) is 3. The minimum absolute atomic E-state index is 0.0900. The number of carbonyl (C=O) groups is 1. The second-order valence-corrected chi connectivity index (χ2v) is 6.14. The molecule has 0 unspecified atom stereocenters. The van der Waals surface area contributed by atoms with Crippen LogP contribution in [0, 0.1) is 0 Å². The Labute approximate surface area is 144 Å². The highest BCUT2D eigenvalue weighted by Gasteiger charge is 2.28. The number of hydrogen-bond donors (Lipinski definition) is 1. The summed E-state index contributed by atoms with van der Waals surface area (Å²) in [6.45, 7) is 1.04. The monoisotopic (exact) mass is 347 g/mol. The molecule has 1 aliphatic rings. The summed E-state index contributed by atoms with van der Waals surface area (Å²) in [5.41, 5.74) is 0.0287. The number of rotatable bonds is 3. The summed E-state index contributed by atoms with van der Waals surface area (Å²) < 4.78 is 7.28. The third-order valence-corrected chi connectivity index (χ3v) is 4.13. The number of halogens is 1. The van der Waals surface area contributed by atoms with Crippen LogP contribution in [0.4, 0.5) is 10.5 Å². The highest BCUT2D eigenvalue weighted by molar-refractivity contribution is 6.30. The average Bonchev–Trinajstić information content (AvgIpc) is 3.00. The van der Waals surface area contributed by atoms with Crippen molar-refractivity contribution >= 4 is 23.3 Å². The molecule has 0 radical (unpaired) electrons. The second-order valence-electron chi connectivity index (χ2n) is 5.70. The van der Waals surface area contributed by atoms with Crippen LogP contribution in [-0.2, 0) is 7.05 Å². The SMILES string of the molecule is Cn1cccc(NC(=O)N2CC[C@@H](Oc3cccc(Cl)c3)C2)c1=O. The van der Waals surface area contributed by atoms with E-state index in [1.165, 1.54) is 4.57 Å². The highest BCUT2D eigenvalue weighted by atomic mass is 35.5. The number of urea groups is 1. The molecular weight excluding hydrogens is 330 g/mol. The van der Waals surface area contributed by atoms with Crippen LogP contribution in [0.25, 0.3) is 0 Å². The van der Waals surface area contributed by atoms with Gasteiger partial charge in [-0.3, -0.25) is 4.79 Å². The summed E-state index contributed by atoms with van der Waals surface area (Å²) >= 11 is 5.94. The number of aromatic nitrogens is 1. The first-order chi connectivity index (χ1) is 11.5. The first kappa shape index (κ1) is 16.4.